The van der Waals surface area contributed by atoms with Crippen molar-refractivity contribution in [3.63, 3.8) is 0 Å². The summed E-state index contributed by atoms with van der Waals surface area (Å²) in [5, 5.41) is 20.7. The van der Waals surface area contributed by atoms with Gasteiger partial charge in [-0.05, 0) is 18.2 Å². The van der Waals surface area contributed by atoms with Gasteiger partial charge in [-0.2, -0.15) is 4.73 Å². The van der Waals surface area contributed by atoms with Gasteiger partial charge < -0.3 is 5.21 Å². The van der Waals surface area contributed by atoms with Gasteiger partial charge in [-0.3, -0.25) is 10.1 Å². The van der Waals surface area contributed by atoms with E-state index in [9.17, 15) is 15.3 Å². The summed E-state index contributed by atoms with van der Waals surface area (Å²) in [5.74, 6) is -0.206. The quantitative estimate of drug-likeness (QED) is 0.399. The van der Waals surface area contributed by atoms with Gasteiger partial charge >= 0.3 is 5.69 Å². The first-order chi connectivity index (χ1) is 8.97. The van der Waals surface area contributed by atoms with Gasteiger partial charge in [-0.25, -0.2) is 9.98 Å². The van der Waals surface area contributed by atoms with Crippen LogP contribution in [0.5, 0.6) is 0 Å². The van der Waals surface area contributed by atoms with Crippen molar-refractivity contribution in [2.24, 2.45) is 4.99 Å². The average molecular weight is 301 g/mol. The molecule has 98 valence electrons. The van der Waals surface area contributed by atoms with E-state index in [2.05, 4.69) is 9.98 Å². The molecule has 0 atom stereocenters. The summed E-state index contributed by atoms with van der Waals surface area (Å²) >= 11 is 11.3. The minimum atomic E-state index is -0.639. The molecule has 9 heteroatoms. The van der Waals surface area contributed by atoms with Crippen LogP contribution in [0.25, 0.3) is 0 Å². The van der Waals surface area contributed by atoms with E-state index < -0.39 is 4.92 Å². The SMILES string of the molecule is O=[N+]([O-])c1ccc(Cl)nc1/N=c1\ccc(Cl)cn1O. The lowest BCUT2D eigenvalue weighted by Crippen LogP contribution is -2.17. The molecule has 0 unspecified atom stereocenters. The van der Waals surface area contributed by atoms with Gasteiger partial charge in [-0.1, -0.05) is 23.2 Å². The Hall–Kier alpha value is -2.12. The molecular formula is C10H6Cl2N4O3. The highest BCUT2D eigenvalue weighted by molar-refractivity contribution is 6.30. The van der Waals surface area contributed by atoms with Gasteiger partial charge in [0, 0.05) is 6.07 Å². The Kier molecular flexibility index (Phi) is 3.68. The number of nitrogens with zero attached hydrogens (tertiary/aromatic N) is 4. The minimum absolute atomic E-state index is 0.0299. The lowest BCUT2D eigenvalue weighted by molar-refractivity contribution is -0.384. The molecule has 0 aliphatic carbocycles. The highest BCUT2D eigenvalue weighted by Gasteiger charge is 2.15. The predicted octanol–water partition coefficient (Wildman–Crippen LogP) is 2.57. The maximum atomic E-state index is 10.8. The molecule has 1 N–H and O–H groups in total. The molecule has 19 heavy (non-hydrogen) atoms. The summed E-state index contributed by atoms with van der Waals surface area (Å²) < 4.78 is 0.634. The van der Waals surface area contributed by atoms with Crippen molar-refractivity contribution < 1.29 is 10.1 Å². The van der Waals surface area contributed by atoms with Crippen LogP contribution in [-0.4, -0.2) is 19.8 Å². The molecule has 2 heterocycles. The molecule has 0 aliphatic heterocycles. The maximum absolute atomic E-state index is 10.8. The van der Waals surface area contributed by atoms with E-state index in [1.54, 1.807) is 0 Å². The van der Waals surface area contributed by atoms with Crippen LogP contribution in [-0.2, 0) is 0 Å². The average Bonchev–Trinajstić information content (AvgIpc) is 2.32. The Morgan fingerprint density at radius 3 is 2.68 bits per heavy atom. The Balaban J connectivity index is 2.65. The first-order valence-corrected chi connectivity index (χ1v) is 5.66. The molecule has 2 aromatic rings. The van der Waals surface area contributed by atoms with Crippen LogP contribution in [0.3, 0.4) is 0 Å². The Bertz CT molecular complexity index is 714. The highest BCUT2D eigenvalue weighted by atomic mass is 35.5. The zero-order valence-electron chi connectivity index (χ0n) is 9.20. The minimum Gasteiger partial charge on any atom is -0.427 e. The molecule has 0 saturated carbocycles. The zero-order chi connectivity index (χ0) is 14.0. The summed E-state index contributed by atoms with van der Waals surface area (Å²) in [6.45, 7) is 0. The second-order valence-electron chi connectivity index (χ2n) is 3.40. The summed E-state index contributed by atoms with van der Waals surface area (Å²) in [6.07, 6.45) is 1.19. The first kappa shape index (κ1) is 13.3. The Morgan fingerprint density at radius 1 is 1.32 bits per heavy atom. The van der Waals surface area contributed by atoms with E-state index in [0.717, 1.165) is 0 Å². The van der Waals surface area contributed by atoms with E-state index >= 15 is 0 Å². The second kappa shape index (κ2) is 5.25. The van der Waals surface area contributed by atoms with E-state index in [1.165, 1.54) is 30.5 Å². The van der Waals surface area contributed by atoms with Gasteiger partial charge in [0.25, 0.3) is 0 Å². The number of rotatable bonds is 2. The molecule has 0 spiro atoms. The fourth-order valence-electron chi connectivity index (χ4n) is 1.30. The number of halogens is 2. The van der Waals surface area contributed by atoms with E-state index in [-0.39, 0.29) is 27.2 Å². The van der Waals surface area contributed by atoms with Crippen molar-refractivity contribution in [3.05, 3.63) is 56.2 Å². The van der Waals surface area contributed by atoms with Crippen LogP contribution in [0.4, 0.5) is 11.5 Å². The summed E-state index contributed by atoms with van der Waals surface area (Å²) in [6, 6.07) is 5.33. The summed E-state index contributed by atoms with van der Waals surface area (Å²) in [4.78, 5) is 17.8. The van der Waals surface area contributed by atoms with Gasteiger partial charge in [0.05, 0.1) is 16.1 Å². The zero-order valence-corrected chi connectivity index (χ0v) is 10.7. The van der Waals surface area contributed by atoms with Gasteiger partial charge in [-0.15, -0.1) is 0 Å². The molecule has 2 aromatic heterocycles. The summed E-state index contributed by atoms with van der Waals surface area (Å²) in [5.41, 5.74) is -0.290. The van der Waals surface area contributed by atoms with Crippen LogP contribution < -0.4 is 5.49 Å². The van der Waals surface area contributed by atoms with Crippen molar-refractivity contribution in [1.29, 1.82) is 0 Å². The fraction of sp³-hybridized carbons (Fsp3) is 0. The molecule has 0 bridgehead atoms. The van der Waals surface area contributed by atoms with Gasteiger partial charge in [0.1, 0.15) is 5.15 Å². The van der Waals surface area contributed by atoms with Crippen molar-refractivity contribution in [2.45, 2.75) is 0 Å². The third-order valence-corrected chi connectivity index (χ3v) is 2.54. The maximum Gasteiger partial charge on any atom is 0.313 e. The third-order valence-electron chi connectivity index (χ3n) is 2.11. The van der Waals surface area contributed by atoms with E-state index in [4.69, 9.17) is 23.2 Å². The molecule has 0 radical (unpaired) electrons. The molecule has 0 saturated heterocycles. The number of hydrogen-bond donors (Lipinski definition) is 1. The molecule has 0 amide bonds. The second-order valence-corrected chi connectivity index (χ2v) is 4.22. The van der Waals surface area contributed by atoms with Crippen molar-refractivity contribution >= 4 is 34.7 Å². The molecule has 7 nitrogen and oxygen atoms in total. The number of nitro groups is 1. The number of hydrogen-bond acceptors (Lipinski definition) is 5. The Morgan fingerprint density at radius 2 is 2.05 bits per heavy atom. The van der Waals surface area contributed by atoms with E-state index in [0.29, 0.717) is 4.73 Å². The summed E-state index contributed by atoms with van der Waals surface area (Å²) in [7, 11) is 0. The standard InChI is InChI=1S/C10H6Cl2N4O3/c11-6-1-4-9(15(17)5-6)14-10-7(16(18)19)2-3-8(12)13-10/h1-5,17H/b14-9+. The number of aromatic nitrogens is 2. The molecule has 2 rings (SSSR count). The lowest BCUT2D eigenvalue weighted by Gasteiger charge is -2.00. The van der Waals surface area contributed by atoms with Gasteiger partial charge in [0.2, 0.25) is 5.82 Å². The lowest BCUT2D eigenvalue weighted by atomic mass is 10.4. The predicted molar refractivity (Wildman–Crippen MR) is 67.8 cm³/mol. The molecular weight excluding hydrogens is 295 g/mol. The third kappa shape index (κ3) is 3.01. The Labute approximate surface area is 116 Å². The smallest absolute Gasteiger partial charge is 0.313 e. The van der Waals surface area contributed by atoms with Crippen molar-refractivity contribution in [2.75, 3.05) is 0 Å². The normalized spacial score (nSPS) is 11.6. The van der Waals surface area contributed by atoms with Crippen LogP contribution >= 0.6 is 23.2 Å². The van der Waals surface area contributed by atoms with Crippen molar-refractivity contribution in [1.82, 2.24) is 9.71 Å². The fourth-order valence-corrected chi connectivity index (χ4v) is 1.59. The van der Waals surface area contributed by atoms with Crippen LogP contribution in [0, 0.1) is 10.1 Å². The van der Waals surface area contributed by atoms with Crippen LogP contribution in [0.2, 0.25) is 10.2 Å². The molecule has 0 aromatic carbocycles. The van der Waals surface area contributed by atoms with Crippen molar-refractivity contribution in [3.8, 4) is 0 Å². The molecule has 0 aliphatic rings. The monoisotopic (exact) mass is 300 g/mol. The molecule has 0 fully saturated rings. The highest BCUT2D eigenvalue weighted by Crippen LogP contribution is 2.25. The number of pyridine rings is 2. The van der Waals surface area contributed by atoms with Gasteiger partial charge in [0.15, 0.2) is 5.49 Å². The topological polar surface area (TPSA) is 93.5 Å². The first-order valence-electron chi connectivity index (χ1n) is 4.90. The largest absolute Gasteiger partial charge is 0.427 e. The van der Waals surface area contributed by atoms with E-state index in [1.807, 2.05) is 0 Å². The van der Waals surface area contributed by atoms with Crippen LogP contribution in [0.1, 0.15) is 0 Å². The van der Waals surface area contributed by atoms with Crippen LogP contribution in [0.15, 0.2) is 35.5 Å².